The summed E-state index contributed by atoms with van der Waals surface area (Å²) in [5.74, 6) is 0.741. The van der Waals surface area contributed by atoms with Crippen LogP contribution in [-0.2, 0) is 12.8 Å². The predicted molar refractivity (Wildman–Crippen MR) is 126 cm³/mol. The first-order chi connectivity index (χ1) is 15.8. The molecule has 0 fully saturated rings. The lowest BCUT2D eigenvalue weighted by Gasteiger charge is -2.18. The molecule has 3 rings (SSSR count). The summed E-state index contributed by atoms with van der Waals surface area (Å²) < 4.78 is 16.6. The van der Waals surface area contributed by atoms with Gasteiger partial charge in [0, 0.05) is 5.56 Å². The van der Waals surface area contributed by atoms with E-state index >= 15 is 0 Å². The lowest BCUT2D eigenvalue weighted by Crippen LogP contribution is -2.25. The number of aliphatic hydroxyl groups excluding tert-OH is 1. The topological polar surface area (TPSA) is 106 Å². The quantitative estimate of drug-likeness (QED) is 0.413. The number of hydrogen-bond donors (Lipinski definition) is 2. The Hall–Kier alpha value is -3.32. The number of aromatic hydroxyl groups is 1. The van der Waals surface area contributed by atoms with Crippen LogP contribution in [0.15, 0.2) is 45.8 Å². The van der Waals surface area contributed by atoms with E-state index < -0.39 is 11.7 Å². The molecule has 2 aromatic carbocycles. The summed E-state index contributed by atoms with van der Waals surface area (Å²) in [7, 11) is 0. The molecule has 1 atom stereocenters. The molecular weight excluding hydrogens is 424 g/mol. The van der Waals surface area contributed by atoms with Crippen LogP contribution < -0.4 is 15.1 Å². The Morgan fingerprint density at radius 3 is 2.39 bits per heavy atom. The van der Waals surface area contributed by atoms with Crippen LogP contribution in [0.1, 0.15) is 55.1 Å². The maximum absolute atomic E-state index is 12.0. The maximum Gasteiger partial charge on any atom is 0.343 e. The second-order valence-electron chi connectivity index (χ2n) is 8.03. The second kappa shape index (κ2) is 11.0. The van der Waals surface area contributed by atoms with Gasteiger partial charge in [-0.1, -0.05) is 26.7 Å². The van der Waals surface area contributed by atoms with Crippen molar-refractivity contribution in [3.63, 3.8) is 0 Å². The second-order valence-corrected chi connectivity index (χ2v) is 8.03. The number of rotatable bonds is 11. The van der Waals surface area contributed by atoms with Crippen molar-refractivity contribution in [2.75, 3.05) is 13.2 Å². The van der Waals surface area contributed by atoms with Gasteiger partial charge in [0.15, 0.2) is 5.78 Å². The molecule has 7 nitrogen and oxygen atoms in total. The number of carbonyl (C=O) groups is 1. The molecule has 2 N–H and O–H groups in total. The standard InChI is InChI=1S/C26H30O7/c1-4-6-18-12-22-17(10-11-31-26(22)30)13-24(18)33-15-19(28)14-32-23-9-8-20(16(3)27)25(29)21(23)7-5-2/h8-13,19,28-29H,4-7,14-15H2,1-3H3. The fourth-order valence-electron chi connectivity index (χ4n) is 3.74. The van der Waals surface area contributed by atoms with Gasteiger partial charge >= 0.3 is 5.63 Å². The highest BCUT2D eigenvalue weighted by Gasteiger charge is 2.17. The summed E-state index contributed by atoms with van der Waals surface area (Å²) in [6.45, 7) is 5.34. The Morgan fingerprint density at radius 1 is 1.03 bits per heavy atom. The highest BCUT2D eigenvalue weighted by molar-refractivity contribution is 5.97. The molecule has 0 aliphatic rings. The first kappa shape index (κ1) is 24.3. The molecule has 1 aromatic heterocycles. The van der Waals surface area contributed by atoms with Crippen LogP contribution in [0, 0.1) is 0 Å². The minimum Gasteiger partial charge on any atom is -0.507 e. The Morgan fingerprint density at radius 2 is 1.73 bits per heavy atom. The molecule has 0 spiro atoms. The first-order valence-electron chi connectivity index (χ1n) is 11.2. The minimum absolute atomic E-state index is 0.00964. The third-order valence-corrected chi connectivity index (χ3v) is 5.38. The van der Waals surface area contributed by atoms with Crippen LogP contribution in [-0.4, -0.2) is 35.3 Å². The molecule has 0 aliphatic carbocycles. The Bertz CT molecular complexity index is 1180. The van der Waals surface area contributed by atoms with Crippen molar-refractivity contribution >= 4 is 16.6 Å². The van der Waals surface area contributed by atoms with Gasteiger partial charge in [-0.15, -0.1) is 0 Å². The molecule has 1 heterocycles. The monoisotopic (exact) mass is 454 g/mol. The van der Waals surface area contributed by atoms with Crippen molar-refractivity contribution in [1.82, 2.24) is 0 Å². The van der Waals surface area contributed by atoms with E-state index in [-0.39, 0.29) is 30.3 Å². The summed E-state index contributed by atoms with van der Waals surface area (Å²) in [6.07, 6.45) is 3.30. The number of benzene rings is 2. The number of carbonyl (C=O) groups excluding carboxylic acids is 1. The van der Waals surface area contributed by atoms with E-state index in [1.165, 1.54) is 19.3 Å². The van der Waals surface area contributed by atoms with Gasteiger partial charge in [-0.25, -0.2) is 4.79 Å². The number of aryl methyl sites for hydroxylation is 1. The van der Waals surface area contributed by atoms with Crippen LogP contribution >= 0.6 is 0 Å². The van der Waals surface area contributed by atoms with E-state index in [2.05, 4.69) is 0 Å². The van der Waals surface area contributed by atoms with E-state index in [0.29, 0.717) is 40.7 Å². The number of aliphatic hydroxyl groups is 1. The number of phenolic OH excluding ortho intramolecular Hbond substituents is 1. The summed E-state index contributed by atoms with van der Waals surface area (Å²) in [4.78, 5) is 23.7. The summed E-state index contributed by atoms with van der Waals surface area (Å²) in [5.41, 5.74) is 1.28. The minimum atomic E-state index is -0.930. The number of ketones is 1. The molecule has 0 saturated heterocycles. The van der Waals surface area contributed by atoms with Crippen molar-refractivity contribution < 1.29 is 28.9 Å². The van der Waals surface area contributed by atoms with Crippen LogP contribution in [0.5, 0.6) is 17.2 Å². The molecule has 0 bridgehead atoms. The SMILES string of the molecule is CCCc1cc2c(=O)occc2cc1OCC(O)COc1ccc(C(C)=O)c(O)c1CCC. The Balaban J connectivity index is 1.71. The number of hydrogen-bond acceptors (Lipinski definition) is 7. The average molecular weight is 455 g/mol. The van der Waals surface area contributed by atoms with E-state index in [4.69, 9.17) is 13.9 Å². The zero-order chi connectivity index (χ0) is 24.0. The smallest absolute Gasteiger partial charge is 0.343 e. The van der Waals surface area contributed by atoms with Gasteiger partial charge in [0.05, 0.1) is 17.2 Å². The fraction of sp³-hybridized carbons (Fsp3) is 0.385. The third-order valence-electron chi connectivity index (χ3n) is 5.38. The molecule has 0 saturated carbocycles. The molecule has 0 amide bonds. The predicted octanol–water partition coefficient (Wildman–Crippen LogP) is 4.42. The third kappa shape index (κ3) is 5.73. The van der Waals surface area contributed by atoms with Crippen LogP contribution in [0.25, 0.3) is 10.8 Å². The summed E-state index contributed by atoms with van der Waals surface area (Å²) in [5, 5.41) is 22.1. The highest BCUT2D eigenvalue weighted by atomic mass is 16.5. The Labute approximate surface area is 192 Å². The van der Waals surface area contributed by atoms with Crippen molar-refractivity contribution in [1.29, 1.82) is 0 Å². The first-order valence-corrected chi connectivity index (χ1v) is 11.2. The Kier molecular flexibility index (Phi) is 8.11. The molecule has 0 radical (unpaired) electrons. The molecule has 1 unspecified atom stereocenters. The zero-order valence-electron chi connectivity index (χ0n) is 19.2. The lowest BCUT2D eigenvalue weighted by atomic mass is 10.0. The maximum atomic E-state index is 12.0. The normalized spacial score (nSPS) is 12.0. The van der Waals surface area contributed by atoms with Gasteiger partial charge in [0.2, 0.25) is 0 Å². The van der Waals surface area contributed by atoms with Gasteiger partial charge in [-0.3, -0.25) is 4.79 Å². The molecule has 3 aromatic rings. The van der Waals surface area contributed by atoms with Crippen molar-refractivity contribution in [3.8, 4) is 17.2 Å². The van der Waals surface area contributed by atoms with Crippen LogP contribution in [0.3, 0.4) is 0 Å². The molecule has 33 heavy (non-hydrogen) atoms. The largest absolute Gasteiger partial charge is 0.507 e. The summed E-state index contributed by atoms with van der Waals surface area (Å²) >= 11 is 0. The van der Waals surface area contributed by atoms with E-state index in [1.54, 1.807) is 24.3 Å². The molecular formula is C26H30O7. The van der Waals surface area contributed by atoms with Gasteiger partial charge in [0.25, 0.3) is 0 Å². The molecule has 0 aliphatic heterocycles. The van der Waals surface area contributed by atoms with E-state index in [0.717, 1.165) is 18.4 Å². The summed E-state index contributed by atoms with van der Waals surface area (Å²) in [6, 6.07) is 8.42. The number of ether oxygens (including phenoxy) is 2. The van der Waals surface area contributed by atoms with Gasteiger partial charge in [0.1, 0.15) is 36.6 Å². The van der Waals surface area contributed by atoms with Crippen molar-refractivity contribution in [3.05, 3.63) is 63.7 Å². The lowest BCUT2D eigenvalue weighted by molar-refractivity contribution is 0.0619. The van der Waals surface area contributed by atoms with Gasteiger partial charge in [-0.05, 0) is 61.0 Å². The number of phenols is 1. The zero-order valence-corrected chi connectivity index (χ0v) is 19.2. The van der Waals surface area contributed by atoms with Crippen molar-refractivity contribution in [2.24, 2.45) is 0 Å². The van der Waals surface area contributed by atoms with Gasteiger partial charge in [-0.2, -0.15) is 0 Å². The number of Topliss-reactive ketones (excluding diaryl/α,β-unsaturated/α-hetero) is 1. The van der Waals surface area contributed by atoms with Crippen LogP contribution in [0.2, 0.25) is 0 Å². The fourth-order valence-corrected chi connectivity index (χ4v) is 3.74. The molecule has 176 valence electrons. The van der Waals surface area contributed by atoms with Crippen LogP contribution in [0.4, 0.5) is 0 Å². The highest BCUT2D eigenvalue weighted by Crippen LogP contribution is 2.33. The van der Waals surface area contributed by atoms with Crippen molar-refractivity contribution in [2.45, 2.75) is 52.6 Å². The van der Waals surface area contributed by atoms with E-state index in [9.17, 15) is 19.8 Å². The molecule has 7 heteroatoms. The van der Waals surface area contributed by atoms with E-state index in [1.807, 2.05) is 13.8 Å². The van der Waals surface area contributed by atoms with Gasteiger partial charge < -0.3 is 24.1 Å². The number of fused-ring (bicyclic) bond motifs is 1. The average Bonchev–Trinajstić information content (AvgIpc) is 2.78.